The van der Waals surface area contributed by atoms with Crippen molar-refractivity contribution in [3.05, 3.63) is 29.8 Å². The van der Waals surface area contributed by atoms with Gasteiger partial charge in [-0.1, -0.05) is 12.1 Å². The Kier molecular flexibility index (Phi) is 7.43. The van der Waals surface area contributed by atoms with Crippen molar-refractivity contribution in [1.29, 1.82) is 0 Å². The largest absolute Gasteiger partial charge is 0.494 e. The topological polar surface area (TPSA) is 33.3 Å². The third-order valence-corrected chi connectivity index (χ3v) is 2.61. The summed E-state index contributed by atoms with van der Waals surface area (Å²) in [7, 11) is 1.99. The van der Waals surface area contributed by atoms with Crippen LogP contribution in [-0.2, 0) is 6.42 Å². The molecule has 0 atom stereocenters. The Bertz CT molecular complexity index is 285. The van der Waals surface area contributed by atoms with Crippen LogP contribution >= 0.6 is 0 Å². The first-order valence-electron chi connectivity index (χ1n) is 6.44. The van der Waals surface area contributed by atoms with E-state index in [9.17, 15) is 0 Å². The van der Waals surface area contributed by atoms with Crippen LogP contribution in [-0.4, -0.2) is 33.3 Å². The predicted molar refractivity (Wildman–Crippen MR) is 72.7 cm³/mol. The van der Waals surface area contributed by atoms with Crippen LogP contribution in [0.4, 0.5) is 0 Å². The first-order chi connectivity index (χ1) is 8.36. The van der Waals surface area contributed by atoms with Crippen molar-refractivity contribution >= 4 is 0 Å². The summed E-state index contributed by atoms with van der Waals surface area (Å²) in [6, 6.07) is 8.36. The highest BCUT2D eigenvalue weighted by atomic mass is 16.5. The van der Waals surface area contributed by atoms with Gasteiger partial charge >= 0.3 is 0 Å². The minimum absolute atomic E-state index is 0.729. The first-order valence-corrected chi connectivity index (χ1v) is 6.44. The highest BCUT2D eigenvalue weighted by Crippen LogP contribution is 2.12. The van der Waals surface area contributed by atoms with Gasteiger partial charge in [-0.3, -0.25) is 0 Å². The Morgan fingerprint density at radius 3 is 2.47 bits per heavy atom. The molecule has 1 rings (SSSR count). The summed E-state index contributed by atoms with van der Waals surface area (Å²) in [4.78, 5) is 0. The fourth-order valence-electron chi connectivity index (χ4n) is 1.67. The number of benzene rings is 1. The summed E-state index contributed by atoms with van der Waals surface area (Å²) in [6.07, 6.45) is 2.26. The molecular weight excluding hydrogens is 212 g/mol. The molecule has 0 radical (unpaired) electrons. The van der Waals surface area contributed by atoms with Crippen LogP contribution in [0.3, 0.4) is 0 Å². The smallest absolute Gasteiger partial charge is 0.119 e. The lowest BCUT2D eigenvalue weighted by molar-refractivity contribution is 0.340. The fourth-order valence-corrected chi connectivity index (χ4v) is 1.67. The highest BCUT2D eigenvalue weighted by Gasteiger charge is 1.95. The van der Waals surface area contributed by atoms with Crippen LogP contribution in [0.2, 0.25) is 0 Å². The van der Waals surface area contributed by atoms with E-state index in [-0.39, 0.29) is 0 Å². The lowest BCUT2D eigenvalue weighted by atomic mass is 10.1. The average Bonchev–Trinajstić information content (AvgIpc) is 2.36. The second-order valence-electron chi connectivity index (χ2n) is 4.03. The van der Waals surface area contributed by atoms with E-state index in [1.807, 2.05) is 26.1 Å². The molecule has 0 amide bonds. The van der Waals surface area contributed by atoms with Gasteiger partial charge in [0.2, 0.25) is 0 Å². The normalized spacial score (nSPS) is 10.5. The molecule has 1 aromatic rings. The number of hydrogen-bond donors (Lipinski definition) is 2. The monoisotopic (exact) mass is 236 g/mol. The average molecular weight is 236 g/mol. The molecule has 0 aliphatic rings. The molecule has 1 aromatic carbocycles. The van der Waals surface area contributed by atoms with E-state index in [2.05, 4.69) is 22.8 Å². The zero-order valence-electron chi connectivity index (χ0n) is 11.0. The Labute approximate surface area is 105 Å². The van der Waals surface area contributed by atoms with E-state index in [0.29, 0.717) is 0 Å². The molecule has 0 fully saturated rings. The van der Waals surface area contributed by atoms with Gasteiger partial charge in [0.05, 0.1) is 6.61 Å². The Hall–Kier alpha value is -1.06. The summed E-state index contributed by atoms with van der Waals surface area (Å²) >= 11 is 0. The number of ether oxygens (including phenoxy) is 1. The molecule has 0 aliphatic carbocycles. The maximum atomic E-state index is 5.41. The van der Waals surface area contributed by atoms with E-state index >= 15 is 0 Å². The zero-order chi connectivity index (χ0) is 12.3. The molecule has 0 saturated carbocycles. The van der Waals surface area contributed by atoms with Crippen LogP contribution < -0.4 is 15.4 Å². The standard InChI is InChI=1S/C14H24N2O/c1-3-17-14-7-5-13(6-8-14)9-12-16-11-4-10-15-2/h5-8,15-16H,3-4,9-12H2,1-2H3. The molecule has 0 aliphatic heterocycles. The van der Waals surface area contributed by atoms with Gasteiger partial charge in [0.1, 0.15) is 5.75 Å². The molecule has 0 bridgehead atoms. The molecule has 0 spiro atoms. The molecule has 0 unspecified atom stereocenters. The number of nitrogens with one attached hydrogen (secondary N) is 2. The molecule has 0 heterocycles. The second-order valence-corrected chi connectivity index (χ2v) is 4.03. The van der Waals surface area contributed by atoms with Gasteiger partial charge in [-0.2, -0.15) is 0 Å². The zero-order valence-corrected chi connectivity index (χ0v) is 11.0. The summed E-state index contributed by atoms with van der Waals surface area (Å²) in [5, 5.41) is 6.58. The summed E-state index contributed by atoms with van der Waals surface area (Å²) < 4.78 is 5.41. The van der Waals surface area contributed by atoms with Crippen LogP contribution in [0, 0.1) is 0 Å². The minimum atomic E-state index is 0.729. The quantitative estimate of drug-likeness (QED) is 0.642. The predicted octanol–water partition coefficient (Wildman–Crippen LogP) is 1.83. The van der Waals surface area contributed by atoms with Gasteiger partial charge < -0.3 is 15.4 Å². The molecular formula is C14H24N2O. The maximum Gasteiger partial charge on any atom is 0.119 e. The summed E-state index contributed by atoms with van der Waals surface area (Å²) in [6.45, 7) is 5.93. The Morgan fingerprint density at radius 1 is 1.06 bits per heavy atom. The van der Waals surface area contributed by atoms with Crippen LogP contribution in [0.5, 0.6) is 5.75 Å². The maximum absolute atomic E-state index is 5.41. The van der Waals surface area contributed by atoms with Gasteiger partial charge in [-0.05, 0) is 64.1 Å². The number of rotatable bonds is 9. The lowest BCUT2D eigenvalue weighted by Crippen LogP contribution is -2.21. The van der Waals surface area contributed by atoms with Crippen molar-refractivity contribution in [2.24, 2.45) is 0 Å². The Balaban J connectivity index is 2.14. The van der Waals surface area contributed by atoms with E-state index in [1.165, 1.54) is 12.0 Å². The van der Waals surface area contributed by atoms with Gasteiger partial charge in [0.25, 0.3) is 0 Å². The third kappa shape index (κ3) is 6.29. The third-order valence-electron chi connectivity index (χ3n) is 2.61. The molecule has 3 nitrogen and oxygen atoms in total. The van der Waals surface area contributed by atoms with Crippen molar-refractivity contribution in [1.82, 2.24) is 10.6 Å². The highest BCUT2D eigenvalue weighted by molar-refractivity contribution is 5.27. The fraction of sp³-hybridized carbons (Fsp3) is 0.571. The second kappa shape index (κ2) is 9.02. The molecule has 17 heavy (non-hydrogen) atoms. The van der Waals surface area contributed by atoms with Crippen molar-refractivity contribution in [3.8, 4) is 5.75 Å². The molecule has 96 valence electrons. The van der Waals surface area contributed by atoms with Crippen molar-refractivity contribution < 1.29 is 4.74 Å². The molecule has 0 saturated heterocycles. The summed E-state index contributed by atoms with van der Waals surface area (Å²) in [5.74, 6) is 0.957. The van der Waals surface area contributed by atoms with Crippen molar-refractivity contribution in [2.75, 3.05) is 33.3 Å². The SMILES string of the molecule is CCOc1ccc(CCNCCCNC)cc1. The molecule has 2 N–H and O–H groups in total. The Morgan fingerprint density at radius 2 is 1.82 bits per heavy atom. The van der Waals surface area contributed by atoms with Gasteiger partial charge in [0.15, 0.2) is 0 Å². The minimum Gasteiger partial charge on any atom is -0.494 e. The number of hydrogen-bond acceptors (Lipinski definition) is 3. The van der Waals surface area contributed by atoms with E-state index in [0.717, 1.165) is 38.4 Å². The van der Waals surface area contributed by atoms with Gasteiger partial charge in [0, 0.05) is 0 Å². The van der Waals surface area contributed by atoms with Gasteiger partial charge in [-0.25, -0.2) is 0 Å². The van der Waals surface area contributed by atoms with E-state index < -0.39 is 0 Å². The lowest BCUT2D eigenvalue weighted by Gasteiger charge is -2.06. The van der Waals surface area contributed by atoms with Gasteiger partial charge in [-0.15, -0.1) is 0 Å². The summed E-state index contributed by atoms with van der Waals surface area (Å²) in [5.41, 5.74) is 1.36. The van der Waals surface area contributed by atoms with Crippen molar-refractivity contribution in [3.63, 3.8) is 0 Å². The van der Waals surface area contributed by atoms with E-state index in [1.54, 1.807) is 0 Å². The first kappa shape index (κ1) is 14.0. The van der Waals surface area contributed by atoms with Crippen LogP contribution in [0.1, 0.15) is 18.9 Å². The van der Waals surface area contributed by atoms with Crippen LogP contribution in [0.15, 0.2) is 24.3 Å². The van der Waals surface area contributed by atoms with Crippen molar-refractivity contribution in [2.45, 2.75) is 19.8 Å². The van der Waals surface area contributed by atoms with Crippen LogP contribution in [0.25, 0.3) is 0 Å². The molecule has 3 heteroatoms. The van der Waals surface area contributed by atoms with E-state index in [4.69, 9.17) is 4.74 Å². The molecule has 0 aromatic heterocycles.